The van der Waals surface area contributed by atoms with Crippen LogP contribution in [0.5, 0.6) is 0 Å². The lowest BCUT2D eigenvalue weighted by Gasteiger charge is -2.33. The van der Waals surface area contributed by atoms with Gasteiger partial charge in [0, 0.05) is 25.0 Å². The Morgan fingerprint density at radius 1 is 1.11 bits per heavy atom. The van der Waals surface area contributed by atoms with Crippen LogP contribution in [0.3, 0.4) is 0 Å². The van der Waals surface area contributed by atoms with Crippen LogP contribution in [0.4, 0.5) is 4.79 Å². The van der Waals surface area contributed by atoms with Crippen molar-refractivity contribution < 1.29 is 14.3 Å². The topological polar surface area (TPSA) is 58.6 Å². The van der Waals surface area contributed by atoms with Crippen molar-refractivity contribution in [2.75, 3.05) is 13.1 Å². The quantitative estimate of drug-likeness (QED) is 0.832. The zero-order valence-electron chi connectivity index (χ0n) is 12.1. The summed E-state index contributed by atoms with van der Waals surface area (Å²) < 4.78 is 5.23. The Bertz CT molecular complexity index is 350. The van der Waals surface area contributed by atoms with E-state index in [9.17, 15) is 9.59 Å². The lowest BCUT2D eigenvalue weighted by Crippen LogP contribution is -2.48. The SMILES string of the molecule is CC(C)(C)OC(=O)NC1CCN(C(=O)C2CC2)CC1. The first kappa shape index (κ1) is 14.2. The largest absolute Gasteiger partial charge is 0.444 e. The fraction of sp³-hybridized carbons (Fsp3) is 0.857. The zero-order chi connectivity index (χ0) is 14.0. The number of rotatable bonds is 2. The Labute approximate surface area is 114 Å². The summed E-state index contributed by atoms with van der Waals surface area (Å²) in [6.07, 6.45) is 3.37. The van der Waals surface area contributed by atoms with Gasteiger partial charge in [-0.3, -0.25) is 4.79 Å². The number of hydrogen-bond donors (Lipinski definition) is 1. The summed E-state index contributed by atoms with van der Waals surface area (Å²) in [7, 11) is 0. The highest BCUT2D eigenvalue weighted by atomic mass is 16.6. The van der Waals surface area contributed by atoms with Gasteiger partial charge in [0.2, 0.25) is 5.91 Å². The highest BCUT2D eigenvalue weighted by molar-refractivity contribution is 5.81. The second kappa shape index (κ2) is 5.39. The minimum atomic E-state index is -0.466. The molecule has 0 bridgehead atoms. The van der Waals surface area contributed by atoms with Crippen molar-refractivity contribution >= 4 is 12.0 Å². The average Bonchev–Trinajstić information content (AvgIpc) is 3.10. The van der Waals surface area contributed by atoms with E-state index >= 15 is 0 Å². The molecule has 0 unspecified atom stereocenters. The van der Waals surface area contributed by atoms with Crippen LogP contribution in [-0.4, -0.2) is 41.6 Å². The van der Waals surface area contributed by atoms with Gasteiger partial charge in [-0.15, -0.1) is 0 Å². The van der Waals surface area contributed by atoms with E-state index in [-0.39, 0.29) is 18.1 Å². The highest BCUT2D eigenvalue weighted by Crippen LogP contribution is 2.31. The van der Waals surface area contributed by atoms with Gasteiger partial charge in [0.25, 0.3) is 0 Å². The number of ether oxygens (including phenoxy) is 1. The number of alkyl carbamates (subject to hydrolysis) is 1. The molecule has 1 saturated heterocycles. The number of nitrogens with one attached hydrogen (secondary N) is 1. The molecule has 1 N–H and O–H groups in total. The second-order valence-electron chi connectivity index (χ2n) is 6.52. The van der Waals surface area contributed by atoms with Crippen molar-refractivity contribution in [2.45, 2.75) is 58.1 Å². The highest BCUT2D eigenvalue weighted by Gasteiger charge is 2.35. The first-order chi connectivity index (χ1) is 8.85. The van der Waals surface area contributed by atoms with Crippen molar-refractivity contribution in [1.29, 1.82) is 0 Å². The molecule has 0 radical (unpaired) electrons. The molecule has 0 atom stereocenters. The molecule has 1 aliphatic carbocycles. The number of nitrogens with zero attached hydrogens (tertiary/aromatic N) is 1. The van der Waals surface area contributed by atoms with E-state index in [1.54, 1.807) is 0 Å². The molecule has 0 aromatic rings. The third-order valence-electron chi connectivity index (χ3n) is 3.45. The molecule has 19 heavy (non-hydrogen) atoms. The Morgan fingerprint density at radius 3 is 2.16 bits per heavy atom. The van der Waals surface area contributed by atoms with Gasteiger partial charge in [-0.1, -0.05) is 0 Å². The van der Waals surface area contributed by atoms with Gasteiger partial charge in [0.05, 0.1) is 0 Å². The maximum absolute atomic E-state index is 11.9. The minimum Gasteiger partial charge on any atom is -0.444 e. The van der Waals surface area contributed by atoms with Crippen molar-refractivity contribution in [1.82, 2.24) is 10.2 Å². The summed E-state index contributed by atoms with van der Waals surface area (Å²) >= 11 is 0. The lowest BCUT2D eigenvalue weighted by molar-refractivity contribution is -0.133. The van der Waals surface area contributed by atoms with Crippen LogP contribution in [-0.2, 0) is 9.53 Å². The standard InChI is InChI=1S/C14H24N2O3/c1-14(2,3)19-13(18)15-11-6-8-16(9-7-11)12(17)10-4-5-10/h10-11H,4-9H2,1-3H3,(H,15,18). The van der Waals surface area contributed by atoms with E-state index in [0.717, 1.165) is 38.8 Å². The number of piperidine rings is 1. The molecule has 5 nitrogen and oxygen atoms in total. The van der Waals surface area contributed by atoms with Crippen LogP contribution < -0.4 is 5.32 Å². The molecular formula is C14H24N2O3. The van der Waals surface area contributed by atoms with Gasteiger partial charge >= 0.3 is 6.09 Å². The predicted octanol–water partition coefficient (Wildman–Crippen LogP) is 1.91. The number of amides is 2. The number of hydrogen-bond acceptors (Lipinski definition) is 3. The molecule has 1 saturated carbocycles. The van der Waals surface area contributed by atoms with Gasteiger partial charge in [-0.25, -0.2) is 4.79 Å². The molecular weight excluding hydrogens is 244 g/mol. The van der Waals surface area contributed by atoms with E-state index < -0.39 is 5.60 Å². The third-order valence-corrected chi connectivity index (χ3v) is 3.45. The fourth-order valence-electron chi connectivity index (χ4n) is 2.31. The molecule has 2 aliphatic rings. The number of likely N-dealkylation sites (tertiary alicyclic amines) is 1. The molecule has 0 aromatic heterocycles. The molecule has 108 valence electrons. The van der Waals surface area contributed by atoms with Gasteiger partial charge in [0.15, 0.2) is 0 Å². The Kier molecular flexibility index (Phi) is 4.02. The maximum Gasteiger partial charge on any atom is 0.407 e. The van der Waals surface area contributed by atoms with E-state index in [1.807, 2.05) is 25.7 Å². The van der Waals surface area contributed by atoms with E-state index in [0.29, 0.717) is 5.91 Å². The Balaban J connectivity index is 1.71. The lowest BCUT2D eigenvalue weighted by atomic mass is 10.0. The second-order valence-corrected chi connectivity index (χ2v) is 6.52. The third kappa shape index (κ3) is 4.40. The maximum atomic E-state index is 11.9. The summed E-state index contributed by atoms with van der Waals surface area (Å²) in [4.78, 5) is 25.5. The van der Waals surface area contributed by atoms with E-state index in [2.05, 4.69) is 5.32 Å². The molecule has 2 fully saturated rings. The summed E-state index contributed by atoms with van der Waals surface area (Å²) in [6.45, 7) is 7.04. The van der Waals surface area contributed by atoms with E-state index in [4.69, 9.17) is 4.74 Å². The normalized spacial score (nSPS) is 21.1. The Hall–Kier alpha value is -1.26. The molecule has 1 heterocycles. The van der Waals surface area contributed by atoms with E-state index in [1.165, 1.54) is 0 Å². The minimum absolute atomic E-state index is 0.123. The summed E-state index contributed by atoms with van der Waals surface area (Å²) in [6, 6.07) is 0.123. The van der Waals surface area contributed by atoms with Crippen molar-refractivity contribution in [3.63, 3.8) is 0 Å². The van der Waals surface area contributed by atoms with Gasteiger partial charge in [-0.05, 0) is 46.5 Å². The molecule has 1 aliphatic heterocycles. The first-order valence-corrected chi connectivity index (χ1v) is 7.13. The molecule has 2 amide bonds. The van der Waals surface area contributed by atoms with Crippen LogP contribution in [0.1, 0.15) is 46.5 Å². The fourth-order valence-corrected chi connectivity index (χ4v) is 2.31. The predicted molar refractivity (Wildman–Crippen MR) is 71.7 cm³/mol. The average molecular weight is 268 g/mol. The van der Waals surface area contributed by atoms with Crippen molar-refractivity contribution in [2.24, 2.45) is 5.92 Å². The molecule has 2 rings (SSSR count). The number of carbonyl (C=O) groups is 2. The van der Waals surface area contributed by atoms with Crippen molar-refractivity contribution in [3.8, 4) is 0 Å². The monoisotopic (exact) mass is 268 g/mol. The van der Waals surface area contributed by atoms with Crippen LogP contribution in [0.25, 0.3) is 0 Å². The first-order valence-electron chi connectivity index (χ1n) is 7.13. The van der Waals surface area contributed by atoms with Crippen LogP contribution in [0.2, 0.25) is 0 Å². The summed E-state index contributed by atoms with van der Waals surface area (Å²) in [5.41, 5.74) is -0.466. The van der Waals surface area contributed by atoms with Crippen LogP contribution >= 0.6 is 0 Å². The van der Waals surface area contributed by atoms with Gasteiger partial charge in [0.1, 0.15) is 5.60 Å². The molecule has 0 aromatic carbocycles. The molecule has 0 spiro atoms. The van der Waals surface area contributed by atoms with Crippen LogP contribution in [0.15, 0.2) is 0 Å². The number of carbonyl (C=O) groups excluding carboxylic acids is 2. The van der Waals surface area contributed by atoms with Crippen molar-refractivity contribution in [3.05, 3.63) is 0 Å². The van der Waals surface area contributed by atoms with Crippen LogP contribution in [0, 0.1) is 5.92 Å². The zero-order valence-corrected chi connectivity index (χ0v) is 12.1. The van der Waals surface area contributed by atoms with Gasteiger partial charge in [-0.2, -0.15) is 0 Å². The summed E-state index contributed by atoms with van der Waals surface area (Å²) in [5, 5.41) is 2.88. The molecule has 5 heteroatoms. The smallest absolute Gasteiger partial charge is 0.407 e. The summed E-state index contributed by atoms with van der Waals surface area (Å²) in [5.74, 6) is 0.589. The Morgan fingerprint density at radius 2 is 1.68 bits per heavy atom. The van der Waals surface area contributed by atoms with Gasteiger partial charge < -0.3 is 15.0 Å².